The van der Waals surface area contributed by atoms with Crippen molar-refractivity contribution in [1.82, 2.24) is 9.80 Å². The highest BCUT2D eigenvalue weighted by Gasteiger charge is 2.58. The molecule has 0 amide bonds. The van der Waals surface area contributed by atoms with Gasteiger partial charge in [0.1, 0.15) is 0 Å². The molecule has 10 rings (SSSR count). The van der Waals surface area contributed by atoms with Crippen molar-refractivity contribution in [1.29, 1.82) is 0 Å². The molecule has 0 aromatic rings. The molecular formula is C51H86N2. The summed E-state index contributed by atoms with van der Waals surface area (Å²) in [5, 5.41) is 0. The Labute approximate surface area is 328 Å². The minimum absolute atomic E-state index is 0.583. The van der Waals surface area contributed by atoms with Gasteiger partial charge < -0.3 is 0 Å². The Balaban J connectivity index is 0.822. The van der Waals surface area contributed by atoms with Crippen LogP contribution >= 0.6 is 0 Å². The summed E-state index contributed by atoms with van der Waals surface area (Å²) in [4.78, 5) is 6.65. The maximum atomic E-state index is 3.39. The highest BCUT2D eigenvalue weighted by molar-refractivity contribution is 5.09. The van der Waals surface area contributed by atoms with Gasteiger partial charge in [0.2, 0.25) is 0 Å². The maximum Gasteiger partial charge on any atom is 0.0133 e. The first-order valence-electron chi connectivity index (χ1n) is 25.6. The Kier molecular flexibility index (Phi) is 11.2. The second-order valence-electron chi connectivity index (χ2n) is 23.2. The Morgan fingerprint density at radius 3 is 1.58 bits per heavy atom. The van der Waals surface area contributed by atoms with Crippen molar-refractivity contribution >= 4 is 0 Å². The highest BCUT2D eigenvalue weighted by atomic mass is 15.3. The van der Waals surface area contributed by atoms with Crippen molar-refractivity contribution < 1.29 is 0 Å². The molecule has 300 valence electrons. The maximum absolute atomic E-state index is 3.39. The Bertz CT molecular complexity index is 1180. The molecule has 0 N–H and O–H groups in total. The van der Waals surface area contributed by atoms with Gasteiger partial charge in [0, 0.05) is 36.3 Å². The van der Waals surface area contributed by atoms with Gasteiger partial charge in [-0.1, -0.05) is 90.9 Å². The monoisotopic (exact) mass is 727 g/mol. The van der Waals surface area contributed by atoms with E-state index >= 15 is 0 Å². The number of hydrogen-bond donors (Lipinski definition) is 0. The lowest BCUT2D eigenvalue weighted by molar-refractivity contribution is -0.0281. The molecule has 10 unspecified atom stereocenters. The minimum Gasteiger partial charge on any atom is -0.294 e. The van der Waals surface area contributed by atoms with Gasteiger partial charge in [0.05, 0.1) is 0 Å². The van der Waals surface area contributed by atoms with Crippen molar-refractivity contribution in [2.45, 2.75) is 256 Å². The summed E-state index contributed by atoms with van der Waals surface area (Å²) < 4.78 is 0. The average Bonchev–Trinajstić information content (AvgIpc) is 3.67. The fourth-order valence-corrected chi connectivity index (χ4v) is 18.6. The van der Waals surface area contributed by atoms with E-state index < -0.39 is 0 Å². The van der Waals surface area contributed by atoms with E-state index in [1.54, 1.807) is 135 Å². The lowest BCUT2D eigenvalue weighted by atomic mass is 9.64. The third kappa shape index (κ3) is 7.00. The molecule has 1 saturated heterocycles. The van der Waals surface area contributed by atoms with E-state index in [9.17, 15) is 0 Å². The summed E-state index contributed by atoms with van der Waals surface area (Å²) in [7, 11) is 0. The predicted molar refractivity (Wildman–Crippen MR) is 223 cm³/mol. The van der Waals surface area contributed by atoms with Gasteiger partial charge in [0.25, 0.3) is 0 Å². The SMILES string of the molecule is CC1(C)C2CCCCC2C2CCC(N(C3CCC(C4CCCCC4)CC3)C3CCC(C4CCC5C(C4)C4CCCCC4N5C4CCCCC4)CC3)CC21. The summed E-state index contributed by atoms with van der Waals surface area (Å²) in [5.41, 5.74) is 0.583. The van der Waals surface area contributed by atoms with Gasteiger partial charge in [-0.15, -0.1) is 0 Å². The lowest BCUT2D eigenvalue weighted by Crippen LogP contribution is -2.54. The van der Waals surface area contributed by atoms with Gasteiger partial charge in [0.15, 0.2) is 0 Å². The minimum atomic E-state index is 0.583. The van der Waals surface area contributed by atoms with Crippen molar-refractivity contribution in [2.24, 2.45) is 64.6 Å². The largest absolute Gasteiger partial charge is 0.294 e. The fraction of sp³-hybridized carbons (Fsp3) is 1.00. The zero-order valence-electron chi connectivity index (χ0n) is 35.3. The normalized spacial score (nSPS) is 48.5. The van der Waals surface area contributed by atoms with E-state index in [4.69, 9.17) is 0 Å². The molecule has 9 aliphatic carbocycles. The van der Waals surface area contributed by atoms with Crippen LogP contribution in [0.1, 0.15) is 219 Å². The number of nitrogens with zero attached hydrogens (tertiary/aromatic N) is 2. The molecule has 0 spiro atoms. The third-order valence-corrected chi connectivity index (χ3v) is 20.9. The molecule has 1 aliphatic heterocycles. The van der Waals surface area contributed by atoms with Crippen LogP contribution in [0, 0.1) is 64.6 Å². The van der Waals surface area contributed by atoms with Gasteiger partial charge in [-0.3, -0.25) is 9.80 Å². The van der Waals surface area contributed by atoms with Crippen LogP contribution in [0.4, 0.5) is 0 Å². The first-order chi connectivity index (χ1) is 26.0. The molecule has 2 heteroatoms. The fourth-order valence-electron chi connectivity index (χ4n) is 18.6. The summed E-state index contributed by atoms with van der Waals surface area (Å²) in [6, 6.07) is 5.61. The molecule has 9 saturated carbocycles. The zero-order valence-corrected chi connectivity index (χ0v) is 35.3. The Hall–Kier alpha value is -0.0800. The molecule has 10 atom stereocenters. The van der Waals surface area contributed by atoms with Crippen LogP contribution in [-0.2, 0) is 0 Å². The summed E-state index contributed by atoms with van der Waals surface area (Å²) >= 11 is 0. The predicted octanol–water partition coefficient (Wildman–Crippen LogP) is 13.6. The average molecular weight is 727 g/mol. The standard InChI is InChI=1S/C51H86N2/c1-51(2)47-19-11-9-17-43(47)44-31-30-42(34-48(44)51)52(40-26-21-36(22-27-40)35-13-5-3-6-14-35)41-28-23-37(24-29-41)38-25-32-50-46(33-38)45-18-10-12-20-49(45)53(50)39-15-7-4-8-16-39/h35-50H,3-34H2,1-2H3. The molecular weight excluding hydrogens is 641 g/mol. The second kappa shape index (κ2) is 15.9. The number of fused-ring (bicyclic) bond motifs is 6. The highest BCUT2D eigenvalue weighted by Crippen LogP contribution is 2.64. The third-order valence-electron chi connectivity index (χ3n) is 20.9. The summed E-state index contributed by atoms with van der Waals surface area (Å²) in [6.07, 6.45) is 49.6. The van der Waals surface area contributed by atoms with Gasteiger partial charge in [-0.2, -0.15) is 0 Å². The van der Waals surface area contributed by atoms with Crippen molar-refractivity contribution in [3.05, 3.63) is 0 Å². The molecule has 2 nitrogen and oxygen atoms in total. The molecule has 10 aliphatic rings. The van der Waals surface area contributed by atoms with Crippen molar-refractivity contribution in [3.63, 3.8) is 0 Å². The molecule has 53 heavy (non-hydrogen) atoms. The number of likely N-dealkylation sites (tertiary alicyclic amines) is 1. The van der Waals surface area contributed by atoms with Gasteiger partial charge in [-0.05, 0) is 193 Å². The smallest absolute Gasteiger partial charge is 0.0133 e. The second-order valence-corrected chi connectivity index (χ2v) is 23.2. The van der Waals surface area contributed by atoms with Crippen LogP contribution in [0.2, 0.25) is 0 Å². The molecule has 0 radical (unpaired) electrons. The van der Waals surface area contributed by atoms with E-state index in [1.165, 1.54) is 70.6 Å². The van der Waals surface area contributed by atoms with E-state index in [2.05, 4.69) is 23.6 Å². The molecule has 0 aromatic carbocycles. The van der Waals surface area contributed by atoms with Crippen LogP contribution in [0.15, 0.2) is 0 Å². The summed E-state index contributed by atoms with van der Waals surface area (Å²) in [6.45, 7) is 5.52. The number of rotatable bonds is 6. The lowest BCUT2D eigenvalue weighted by Gasteiger charge is -2.52. The van der Waals surface area contributed by atoms with Crippen LogP contribution in [0.25, 0.3) is 0 Å². The van der Waals surface area contributed by atoms with Gasteiger partial charge >= 0.3 is 0 Å². The first kappa shape index (κ1) is 37.2. The van der Waals surface area contributed by atoms with Crippen LogP contribution in [-0.4, -0.2) is 46.1 Å². The van der Waals surface area contributed by atoms with E-state index in [0.717, 1.165) is 95.4 Å². The van der Waals surface area contributed by atoms with Crippen molar-refractivity contribution in [3.8, 4) is 0 Å². The molecule has 10 fully saturated rings. The van der Waals surface area contributed by atoms with Crippen LogP contribution < -0.4 is 0 Å². The zero-order chi connectivity index (χ0) is 35.5. The Morgan fingerprint density at radius 2 is 0.868 bits per heavy atom. The van der Waals surface area contributed by atoms with E-state index in [1.807, 2.05) is 0 Å². The van der Waals surface area contributed by atoms with E-state index in [-0.39, 0.29) is 0 Å². The van der Waals surface area contributed by atoms with Crippen LogP contribution in [0.3, 0.4) is 0 Å². The molecule has 1 heterocycles. The number of hydrogen-bond acceptors (Lipinski definition) is 2. The summed E-state index contributed by atoms with van der Waals surface area (Å²) in [5.74, 6) is 10.6. The first-order valence-corrected chi connectivity index (χ1v) is 25.6. The molecule has 0 aromatic heterocycles. The Morgan fingerprint density at radius 1 is 0.358 bits per heavy atom. The van der Waals surface area contributed by atoms with Crippen molar-refractivity contribution in [2.75, 3.05) is 0 Å². The van der Waals surface area contributed by atoms with E-state index in [0.29, 0.717) is 5.41 Å². The topological polar surface area (TPSA) is 6.48 Å². The van der Waals surface area contributed by atoms with Gasteiger partial charge in [-0.25, -0.2) is 0 Å². The quantitative estimate of drug-likeness (QED) is 0.269. The van der Waals surface area contributed by atoms with Crippen LogP contribution in [0.5, 0.6) is 0 Å². The molecule has 0 bridgehead atoms.